The second-order valence-electron chi connectivity index (χ2n) is 5.07. The number of halogens is 1. The SMILES string of the molecule is O=S(=O)(NC1CCNCC1)c1cc2c(cc1Cl)OCCO2. The largest absolute Gasteiger partial charge is 0.486 e. The number of hydrogen-bond donors (Lipinski definition) is 2. The third-order valence-electron chi connectivity index (χ3n) is 3.55. The lowest BCUT2D eigenvalue weighted by Crippen LogP contribution is -2.42. The van der Waals surface area contributed by atoms with Gasteiger partial charge in [0.25, 0.3) is 0 Å². The van der Waals surface area contributed by atoms with Crippen LogP contribution in [-0.4, -0.2) is 40.8 Å². The van der Waals surface area contributed by atoms with E-state index < -0.39 is 10.0 Å². The first-order valence-corrected chi connectivity index (χ1v) is 8.74. The number of rotatable bonds is 3. The van der Waals surface area contributed by atoms with Gasteiger partial charge < -0.3 is 14.8 Å². The van der Waals surface area contributed by atoms with Crippen LogP contribution in [0.2, 0.25) is 5.02 Å². The first kappa shape index (κ1) is 14.9. The molecule has 2 heterocycles. The highest BCUT2D eigenvalue weighted by Gasteiger charge is 2.26. The van der Waals surface area contributed by atoms with Crippen molar-refractivity contribution in [3.63, 3.8) is 0 Å². The van der Waals surface area contributed by atoms with Gasteiger partial charge in [0, 0.05) is 18.2 Å². The number of ether oxygens (including phenoxy) is 2. The van der Waals surface area contributed by atoms with E-state index in [0.717, 1.165) is 25.9 Å². The molecule has 0 atom stereocenters. The fraction of sp³-hybridized carbons (Fsp3) is 0.538. The summed E-state index contributed by atoms with van der Waals surface area (Å²) >= 11 is 6.10. The zero-order chi connectivity index (χ0) is 14.9. The molecule has 0 amide bonds. The van der Waals surface area contributed by atoms with Gasteiger partial charge in [0.2, 0.25) is 10.0 Å². The molecule has 1 saturated heterocycles. The molecule has 0 saturated carbocycles. The van der Waals surface area contributed by atoms with E-state index in [4.69, 9.17) is 21.1 Å². The topological polar surface area (TPSA) is 76.7 Å². The van der Waals surface area contributed by atoms with Gasteiger partial charge in [-0.15, -0.1) is 0 Å². The predicted molar refractivity (Wildman–Crippen MR) is 78.7 cm³/mol. The molecule has 6 nitrogen and oxygen atoms in total. The highest BCUT2D eigenvalue weighted by molar-refractivity contribution is 7.89. The smallest absolute Gasteiger partial charge is 0.242 e. The second kappa shape index (κ2) is 6.00. The number of benzene rings is 1. The highest BCUT2D eigenvalue weighted by Crippen LogP contribution is 2.37. The Kier molecular flexibility index (Phi) is 4.26. The van der Waals surface area contributed by atoms with E-state index >= 15 is 0 Å². The maximum atomic E-state index is 12.5. The van der Waals surface area contributed by atoms with Crippen molar-refractivity contribution in [3.8, 4) is 11.5 Å². The second-order valence-corrected chi connectivity index (χ2v) is 7.16. The van der Waals surface area contributed by atoms with Gasteiger partial charge in [-0.2, -0.15) is 0 Å². The minimum atomic E-state index is -3.67. The maximum Gasteiger partial charge on any atom is 0.242 e. The molecule has 8 heteroatoms. The van der Waals surface area contributed by atoms with Gasteiger partial charge in [-0.1, -0.05) is 11.6 Å². The van der Waals surface area contributed by atoms with Crippen LogP contribution in [0.3, 0.4) is 0 Å². The third-order valence-corrected chi connectivity index (χ3v) is 5.53. The molecule has 21 heavy (non-hydrogen) atoms. The third kappa shape index (κ3) is 3.26. The molecule has 116 valence electrons. The zero-order valence-corrected chi connectivity index (χ0v) is 13.0. The summed E-state index contributed by atoms with van der Waals surface area (Å²) in [6.45, 7) is 2.45. The summed E-state index contributed by atoms with van der Waals surface area (Å²) in [7, 11) is -3.67. The molecule has 3 rings (SSSR count). The maximum absolute atomic E-state index is 12.5. The minimum Gasteiger partial charge on any atom is -0.486 e. The van der Waals surface area contributed by atoms with E-state index in [1.807, 2.05) is 0 Å². The zero-order valence-electron chi connectivity index (χ0n) is 11.4. The Morgan fingerprint density at radius 2 is 1.76 bits per heavy atom. The molecule has 0 unspecified atom stereocenters. The number of piperidine rings is 1. The fourth-order valence-corrected chi connectivity index (χ4v) is 4.31. The van der Waals surface area contributed by atoms with Crippen LogP contribution in [0.4, 0.5) is 0 Å². The van der Waals surface area contributed by atoms with Crippen molar-refractivity contribution in [2.75, 3.05) is 26.3 Å². The van der Waals surface area contributed by atoms with Crippen LogP contribution in [-0.2, 0) is 10.0 Å². The molecule has 0 spiro atoms. The molecule has 1 aromatic rings. The van der Waals surface area contributed by atoms with Gasteiger partial charge >= 0.3 is 0 Å². The van der Waals surface area contributed by atoms with Crippen LogP contribution < -0.4 is 19.5 Å². The Bertz CT molecular complexity index is 629. The average molecular weight is 333 g/mol. The van der Waals surface area contributed by atoms with Crippen LogP contribution in [0.15, 0.2) is 17.0 Å². The Balaban J connectivity index is 1.87. The van der Waals surface area contributed by atoms with Crippen molar-refractivity contribution in [1.29, 1.82) is 0 Å². The van der Waals surface area contributed by atoms with Crippen LogP contribution in [0, 0.1) is 0 Å². The summed E-state index contributed by atoms with van der Waals surface area (Å²) in [5.74, 6) is 0.892. The number of nitrogens with one attached hydrogen (secondary N) is 2. The van der Waals surface area contributed by atoms with E-state index in [9.17, 15) is 8.42 Å². The van der Waals surface area contributed by atoms with E-state index in [1.165, 1.54) is 12.1 Å². The molecule has 0 aromatic heterocycles. The quantitative estimate of drug-likeness (QED) is 0.868. The van der Waals surface area contributed by atoms with Gasteiger partial charge in [0.1, 0.15) is 18.1 Å². The first-order chi connectivity index (χ1) is 10.1. The van der Waals surface area contributed by atoms with Crippen molar-refractivity contribution in [1.82, 2.24) is 10.0 Å². The molecular formula is C13H17ClN2O4S. The molecular weight excluding hydrogens is 316 g/mol. The van der Waals surface area contributed by atoms with E-state index in [0.29, 0.717) is 24.7 Å². The first-order valence-electron chi connectivity index (χ1n) is 6.88. The fourth-order valence-electron chi connectivity index (χ4n) is 2.47. The lowest BCUT2D eigenvalue weighted by atomic mass is 10.1. The lowest BCUT2D eigenvalue weighted by molar-refractivity contribution is 0.171. The average Bonchev–Trinajstić information content (AvgIpc) is 2.47. The Labute approximate surface area is 128 Å². The van der Waals surface area contributed by atoms with E-state index in [1.54, 1.807) is 0 Å². The van der Waals surface area contributed by atoms with Crippen molar-refractivity contribution in [2.45, 2.75) is 23.8 Å². The van der Waals surface area contributed by atoms with Crippen LogP contribution in [0.5, 0.6) is 11.5 Å². The van der Waals surface area contributed by atoms with Crippen molar-refractivity contribution in [2.24, 2.45) is 0 Å². The van der Waals surface area contributed by atoms with Gasteiger partial charge in [-0.3, -0.25) is 0 Å². The normalized spacial score (nSPS) is 19.5. The molecule has 1 fully saturated rings. The predicted octanol–water partition coefficient (Wildman–Crippen LogP) is 1.14. The van der Waals surface area contributed by atoms with Crippen molar-refractivity contribution >= 4 is 21.6 Å². The number of sulfonamides is 1. The standard InChI is InChI=1S/C13H17ClN2O4S/c14-10-7-11-12(20-6-5-19-11)8-13(10)21(17,18)16-9-1-3-15-4-2-9/h7-9,15-16H,1-6H2. The molecule has 2 aliphatic rings. The number of fused-ring (bicyclic) bond motifs is 1. The lowest BCUT2D eigenvalue weighted by Gasteiger charge is -2.24. The molecule has 1 aromatic carbocycles. The Morgan fingerprint density at radius 1 is 1.14 bits per heavy atom. The van der Waals surface area contributed by atoms with Crippen LogP contribution in [0.1, 0.15) is 12.8 Å². The molecule has 0 bridgehead atoms. The monoisotopic (exact) mass is 332 g/mol. The summed E-state index contributed by atoms with van der Waals surface area (Å²) in [6.07, 6.45) is 1.53. The van der Waals surface area contributed by atoms with Gasteiger partial charge in [-0.05, 0) is 25.9 Å². The van der Waals surface area contributed by atoms with Crippen LogP contribution >= 0.6 is 11.6 Å². The van der Waals surface area contributed by atoms with Crippen molar-refractivity contribution < 1.29 is 17.9 Å². The summed E-state index contributed by atoms with van der Waals surface area (Å²) in [5, 5.41) is 3.33. The molecule has 2 N–H and O–H groups in total. The van der Waals surface area contributed by atoms with Crippen LogP contribution in [0.25, 0.3) is 0 Å². The Hall–Kier alpha value is -1.02. The molecule has 2 aliphatic heterocycles. The summed E-state index contributed by atoms with van der Waals surface area (Å²) < 4.78 is 38.5. The summed E-state index contributed by atoms with van der Waals surface area (Å²) in [6, 6.07) is 2.85. The molecule has 0 aliphatic carbocycles. The summed E-state index contributed by atoms with van der Waals surface area (Å²) in [4.78, 5) is 0.0342. The highest BCUT2D eigenvalue weighted by atomic mass is 35.5. The van der Waals surface area contributed by atoms with E-state index in [2.05, 4.69) is 10.0 Å². The van der Waals surface area contributed by atoms with Gasteiger partial charge in [-0.25, -0.2) is 13.1 Å². The summed E-state index contributed by atoms with van der Waals surface area (Å²) in [5.41, 5.74) is 0. The van der Waals surface area contributed by atoms with Gasteiger partial charge in [0.05, 0.1) is 5.02 Å². The minimum absolute atomic E-state index is 0.0342. The van der Waals surface area contributed by atoms with Gasteiger partial charge in [0.15, 0.2) is 11.5 Å². The number of hydrogen-bond acceptors (Lipinski definition) is 5. The van der Waals surface area contributed by atoms with Crippen molar-refractivity contribution in [3.05, 3.63) is 17.2 Å². The Morgan fingerprint density at radius 3 is 2.43 bits per heavy atom. The van der Waals surface area contributed by atoms with E-state index in [-0.39, 0.29) is 16.0 Å². The molecule has 0 radical (unpaired) electrons.